The summed E-state index contributed by atoms with van der Waals surface area (Å²) in [4.78, 5) is 45.5. The first-order valence-corrected chi connectivity index (χ1v) is 11.8. The monoisotopic (exact) mass is 496 g/mol. The number of hydrogen-bond acceptors (Lipinski definition) is 6. The number of Topliss-reactive ketones (excluding diaryl/α,β-unsaturated/α-hetero) is 1. The van der Waals surface area contributed by atoms with Crippen LogP contribution in [0.4, 0.5) is 0 Å². The quantitative estimate of drug-likeness (QED) is 0.461. The van der Waals surface area contributed by atoms with Crippen molar-refractivity contribution in [1.29, 1.82) is 0 Å². The van der Waals surface area contributed by atoms with Crippen LogP contribution < -0.4 is 0 Å². The lowest BCUT2D eigenvalue weighted by atomic mass is 9.80. The molecule has 1 aromatic heterocycles. The zero-order chi connectivity index (χ0) is 26.7. The van der Waals surface area contributed by atoms with E-state index in [2.05, 4.69) is 60.8 Å². The number of carboxylic acids is 2. The Bertz CT molecular complexity index is 1240. The van der Waals surface area contributed by atoms with Gasteiger partial charge in [0.2, 0.25) is 0 Å². The molecule has 0 spiro atoms. The maximum absolute atomic E-state index is 12.7. The molecule has 0 unspecified atom stereocenters. The molecule has 1 aliphatic heterocycles. The first-order chi connectivity index (χ1) is 16.9. The minimum Gasteiger partial charge on any atom is -0.478 e. The third-order valence-corrected chi connectivity index (χ3v) is 6.51. The Morgan fingerprint density at radius 2 is 1.72 bits per heavy atom. The van der Waals surface area contributed by atoms with Gasteiger partial charge in [-0.05, 0) is 63.9 Å². The molecule has 3 atom stereocenters. The number of hydrogen-bond donors (Lipinski definition) is 2. The summed E-state index contributed by atoms with van der Waals surface area (Å²) in [6, 6.07) is 7.10. The molecular formula is C27H32N2O7. The van der Waals surface area contributed by atoms with Crippen molar-refractivity contribution < 1.29 is 34.1 Å². The van der Waals surface area contributed by atoms with E-state index >= 15 is 0 Å². The lowest BCUT2D eigenvalue weighted by Gasteiger charge is -2.39. The normalized spacial score (nSPS) is 19.8. The van der Waals surface area contributed by atoms with E-state index in [4.69, 9.17) is 14.9 Å². The summed E-state index contributed by atoms with van der Waals surface area (Å²) in [5.41, 5.74) is 5.04. The zero-order valence-corrected chi connectivity index (χ0v) is 21.1. The van der Waals surface area contributed by atoms with Gasteiger partial charge >= 0.3 is 17.9 Å². The minimum absolute atomic E-state index is 0.134. The first-order valence-electron chi connectivity index (χ1n) is 11.8. The molecule has 9 nitrogen and oxygen atoms in total. The third-order valence-electron chi connectivity index (χ3n) is 6.51. The number of nitrogens with zero attached hydrogens (tertiary/aromatic N) is 2. The number of rotatable bonds is 6. The van der Waals surface area contributed by atoms with Crippen LogP contribution >= 0.6 is 0 Å². The lowest BCUT2D eigenvalue weighted by molar-refractivity contribution is -0.156. The Hall–Kier alpha value is -3.72. The summed E-state index contributed by atoms with van der Waals surface area (Å²) in [6.07, 6.45) is 5.73. The molecule has 4 rings (SSSR count). The topological polar surface area (TPSA) is 126 Å². The number of carbonyl (C=O) groups excluding carboxylic acids is 2. The van der Waals surface area contributed by atoms with Gasteiger partial charge in [-0.25, -0.2) is 9.59 Å². The molecule has 0 radical (unpaired) electrons. The smallest absolute Gasteiger partial charge is 0.328 e. The Morgan fingerprint density at radius 1 is 1.08 bits per heavy atom. The first kappa shape index (κ1) is 26.9. The van der Waals surface area contributed by atoms with Crippen molar-refractivity contribution in [2.75, 3.05) is 13.6 Å². The molecule has 0 amide bonds. The van der Waals surface area contributed by atoms with E-state index in [0.29, 0.717) is 24.7 Å². The lowest BCUT2D eigenvalue weighted by Crippen LogP contribution is -2.45. The van der Waals surface area contributed by atoms with Gasteiger partial charge in [0.25, 0.3) is 0 Å². The van der Waals surface area contributed by atoms with E-state index in [0.717, 1.165) is 6.42 Å². The van der Waals surface area contributed by atoms with Crippen molar-refractivity contribution in [3.05, 3.63) is 53.8 Å². The molecule has 0 saturated carbocycles. The number of ether oxygens (including phenoxy) is 1. The average Bonchev–Trinajstić information content (AvgIpc) is 3.18. The standard InChI is InChI=1S/C23H28N2O3.C4H4O4/c1-13(2)25-12-16-10-21-19(18-7-6-8-20(25)22(16)18)9-17(11-24(21)5)23(27)28-15(4)14(3)26;5-3(6)1-2-4(7)8/h6-9,12-13,15,17,21H,10-11H2,1-5H3;1-2H,(H,5,6)(H,7,8)/b;2-1-/t15-,17-,21-;/m1./s1. The van der Waals surface area contributed by atoms with E-state index in [-0.39, 0.29) is 23.7 Å². The van der Waals surface area contributed by atoms with Crippen molar-refractivity contribution in [2.45, 2.75) is 52.3 Å². The molecule has 2 N–H and O–H groups in total. The molecule has 1 aliphatic carbocycles. The maximum atomic E-state index is 12.7. The Kier molecular flexibility index (Phi) is 8.14. The van der Waals surface area contributed by atoms with Crippen LogP contribution in [0.15, 0.2) is 42.6 Å². The molecule has 0 fully saturated rings. The average molecular weight is 497 g/mol. The fourth-order valence-electron chi connectivity index (χ4n) is 4.65. The number of likely N-dealkylation sites (N-methyl/N-ethyl adjacent to an activating group) is 1. The van der Waals surface area contributed by atoms with E-state index in [1.807, 2.05) is 0 Å². The van der Waals surface area contributed by atoms with E-state index in [1.54, 1.807) is 6.92 Å². The van der Waals surface area contributed by atoms with Gasteiger partial charge in [0.05, 0.1) is 5.92 Å². The van der Waals surface area contributed by atoms with E-state index in [1.165, 1.54) is 34.5 Å². The van der Waals surface area contributed by atoms with Gasteiger partial charge in [-0.2, -0.15) is 0 Å². The van der Waals surface area contributed by atoms with Gasteiger partial charge in [0, 0.05) is 47.9 Å². The van der Waals surface area contributed by atoms with Gasteiger partial charge in [-0.3, -0.25) is 14.5 Å². The van der Waals surface area contributed by atoms with Crippen molar-refractivity contribution in [3.8, 4) is 0 Å². The second-order valence-electron chi connectivity index (χ2n) is 9.44. The van der Waals surface area contributed by atoms with Crippen LogP contribution in [0, 0.1) is 5.92 Å². The number of carbonyl (C=O) groups is 4. The van der Waals surface area contributed by atoms with Crippen LogP contribution in [0.5, 0.6) is 0 Å². The summed E-state index contributed by atoms with van der Waals surface area (Å²) in [5, 5.41) is 16.9. The van der Waals surface area contributed by atoms with Crippen molar-refractivity contribution in [3.63, 3.8) is 0 Å². The third kappa shape index (κ3) is 5.73. The summed E-state index contributed by atoms with van der Waals surface area (Å²) in [6.45, 7) is 8.09. The highest BCUT2D eigenvalue weighted by Crippen LogP contribution is 2.42. The molecule has 2 heterocycles. The largest absolute Gasteiger partial charge is 0.478 e. The second kappa shape index (κ2) is 10.9. The Labute approximate surface area is 209 Å². The highest BCUT2D eigenvalue weighted by Gasteiger charge is 2.37. The van der Waals surface area contributed by atoms with Crippen LogP contribution in [0.2, 0.25) is 0 Å². The van der Waals surface area contributed by atoms with E-state index < -0.39 is 18.0 Å². The number of esters is 1. The summed E-state index contributed by atoms with van der Waals surface area (Å²) in [5.74, 6) is -3.33. The SMILES string of the molecule is CC(=O)[C@@H](C)OC(=O)[C@@H]1C=C2c3cccc4c3c(cn4C(C)C)C[C@H]2N(C)C1.O=C(O)/C=C\C(=O)O. The predicted molar refractivity (Wildman–Crippen MR) is 135 cm³/mol. The highest BCUT2D eigenvalue weighted by molar-refractivity contribution is 5.99. The summed E-state index contributed by atoms with van der Waals surface area (Å²) < 4.78 is 7.73. The van der Waals surface area contributed by atoms with Crippen LogP contribution in [0.3, 0.4) is 0 Å². The number of fused-ring (bicyclic) bond motifs is 2. The molecule has 0 saturated heterocycles. The molecule has 1 aromatic carbocycles. The van der Waals surface area contributed by atoms with Gasteiger partial charge < -0.3 is 19.5 Å². The minimum atomic E-state index is -1.26. The summed E-state index contributed by atoms with van der Waals surface area (Å²) in [7, 11) is 2.07. The van der Waals surface area contributed by atoms with Crippen LogP contribution in [-0.2, 0) is 30.3 Å². The molecule has 36 heavy (non-hydrogen) atoms. The Morgan fingerprint density at radius 3 is 2.28 bits per heavy atom. The van der Waals surface area contributed by atoms with Gasteiger partial charge in [-0.15, -0.1) is 0 Å². The number of aliphatic carboxylic acids is 2. The van der Waals surface area contributed by atoms with Crippen molar-refractivity contribution in [1.82, 2.24) is 9.47 Å². The molecule has 2 aromatic rings. The molecule has 2 aliphatic rings. The predicted octanol–water partition coefficient (Wildman–Crippen LogP) is 3.32. The van der Waals surface area contributed by atoms with Gasteiger partial charge in [0.1, 0.15) is 0 Å². The number of ketones is 1. The van der Waals surface area contributed by atoms with Crippen molar-refractivity contribution >= 4 is 40.2 Å². The second-order valence-corrected chi connectivity index (χ2v) is 9.44. The molecule has 0 bridgehead atoms. The summed E-state index contributed by atoms with van der Waals surface area (Å²) >= 11 is 0. The van der Waals surface area contributed by atoms with Gasteiger partial charge in [0.15, 0.2) is 11.9 Å². The van der Waals surface area contributed by atoms with Gasteiger partial charge in [-0.1, -0.05) is 18.2 Å². The molecule has 9 heteroatoms. The van der Waals surface area contributed by atoms with Crippen LogP contribution in [0.1, 0.15) is 44.9 Å². The zero-order valence-electron chi connectivity index (χ0n) is 21.1. The highest BCUT2D eigenvalue weighted by atomic mass is 16.5. The number of benzene rings is 1. The van der Waals surface area contributed by atoms with E-state index in [9.17, 15) is 19.2 Å². The Balaban J connectivity index is 0.000000392. The fourth-order valence-corrected chi connectivity index (χ4v) is 4.65. The molecule has 192 valence electrons. The maximum Gasteiger partial charge on any atom is 0.328 e. The van der Waals surface area contributed by atoms with Crippen molar-refractivity contribution in [2.24, 2.45) is 5.92 Å². The number of carboxylic acid groups (broad SMARTS) is 2. The number of aromatic nitrogens is 1. The molecular weight excluding hydrogens is 464 g/mol. The van der Waals surface area contributed by atoms with Crippen LogP contribution in [0.25, 0.3) is 16.5 Å². The fraction of sp³-hybridized carbons (Fsp3) is 0.407. The van der Waals surface area contributed by atoms with Crippen LogP contribution in [-0.4, -0.2) is 69.1 Å².